The number of hydrogen-bond donors (Lipinski definition) is 0. The minimum atomic E-state index is 0.481. The fourth-order valence-electron chi connectivity index (χ4n) is 0.627. The Kier molecular flexibility index (Phi) is 2.86. The maximum absolute atomic E-state index is 10.2. The molecule has 1 heterocycles. The van der Waals surface area contributed by atoms with E-state index in [-0.39, 0.29) is 0 Å². The Hall–Kier alpha value is -1.09. The highest BCUT2D eigenvalue weighted by molar-refractivity contribution is 7.11. The molecule has 0 saturated carbocycles. The minimum absolute atomic E-state index is 0.481. The van der Waals surface area contributed by atoms with Gasteiger partial charge < -0.3 is 4.74 Å². The van der Waals surface area contributed by atoms with Crippen molar-refractivity contribution >= 4 is 17.6 Å². The van der Waals surface area contributed by atoms with Gasteiger partial charge in [0.15, 0.2) is 6.29 Å². The van der Waals surface area contributed by atoms with Gasteiger partial charge in [-0.15, -0.1) is 11.3 Å². The zero-order valence-corrected chi connectivity index (χ0v) is 6.76. The monoisotopic (exact) mass is 168 g/mol. The van der Waals surface area contributed by atoms with E-state index in [2.05, 4.69) is 6.58 Å². The molecule has 0 aromatic carbocycles. The third-order valence-electron chi connectivity index (χ3n) is 1.08. The van der Waals surface area contributed by atoms with E-state index in [1.807, 2.05) is 0 Å². The van der Waals surface area contributed by atoms with Gasteiger partial charge in [0, 0.05) is 11.4 Å². The van der Waals surface area contributed by atoms with Gasteiger partial charge in [-0.1, -0.05) is 12.7 Å². The van der Waals surface area contributed by atoms with Crippen LogP contribution in [-0.2, 0) is 0 Å². The first-order valence-corrected chi connectivity index (χ1v) is 4.02. The van der Waals surface area contributed by atoms with E-state index in [0.717, 1.165) is 12.0 Å². The first kappa shape index (κ1) is 8.01. The first-order valence-electron chi connectivity index (χ1n) is 3.14. The summed E-state index contributed by atoms with van der Waals surface area (Å²) in [4.78, 5) is 10.9. The molecule has 0 aliphatic carbocycles. The highest BCUT2D eigenvalue weighted by atomic mass is 32.1. The molecule has 0 spiro atoms. The summed E-state index contributed by atoms with van der Waals surface area (Å²) in [6.07, 6.45) is 2.48. The largest absolute Gasteiger partial charge is 0.489 e. The number of thiophene rings is 1. The van der Waals surface area contributed by atoms with E-state index in [1.165, 1.54) is 11.3 Å². The Morgan fingerprint density at radius 3 is 3.09 bits per heavy atom. The second-order valence-corrected chi connectivity index (χ2v) is 2.85. The summed E-state index contributed by atoms with van der Waals surface area (Å²) in [6.45, 7) is 3.99. The van der Waals surface area contributed by atoms with Crippen molar-refractivity contribution < 1.29 is 9.53 Å². The molecule has 0 radical (unpaired) electrons. The molecular formula is C8H8O2S. The maximum Gasteiger partial charge on any atom is 0.160 e. The number of carbonyl (C=O) groups is 1. The molecule has 0 aliphatic rings. The van der Waals surface area contributed by atoms with Gasteiger partial charge in [-0.25, -0.2) is 0 Å². The fourth-order valence-corrected chi connectivity index (χ4v) is 1.26. The lowest BCUT2D eigenvalue weighted by Gasteiger charge is -1.95. The number of carbonyl (C=O) groups excluding carboxylic acids is 1. The highest BCUT2D eigenvalue weighted by Gasteiger charge is 1.96. The highest BCUT2D eigenvalue weighted by Crippen LogP contribution is 2.19. The van der Waals surface area contributed by atoms with Crippen molar-refractivity contribution in [1.29, 1.82) is 0 Å². The molecule has 11 heavy (non-hydrogen) atoms. The molecule has 0 fully saturated rings. The zero-order chi connectivity index (χ0) is 8.10. The molecule has 0 saturated heterocycles. The van der Waals surface area contributed by atoms with Gasteiger partial charge in [0.2, 0.25) is 0 Å². The van der Waals surface area contributed by atoms with Crippen molar-refractivity contribution in [1.82, 2.24) is 0 Å². The predicted octanol–water partition coefficient (Wildman–Crippen LogP) is 2.13. The van der Waals surface area contributed by atoms with Crippen molar-refractivity contribution in [2.24, 2.45) is 0 Å². The average molecular weight is 168 g/mol. The van der Waals surface area contributed by atoms with Crippen molar-refractivity contribution in [2.75, 3.05) is 6.61 Å². The molecule has 58 valence electrons. The second-order valence-electron chi connectivity index (χ2n) is 1.90. The number of rotatable bonds is 4. The van der Waals surface area contributed by atoms with Crippen LogP contribution in [0.2, 0.25) is 0 Å². The van der Waals surface area contributed by atoms with Gasteiger partial charge >= 0.3 is 0 Å². The fraction of sp³-hybridized carbons (Fsp3) is 0.125. The topological polar surface area (TPSA) is 26.3 Å². The molecule has 1 aromatic rings. The van der Waals surface area contributed by atoms with Crippen LogP contribution >= 0.6 is 11.3 Å². The van der Waals surface area contributed by atoms with E-state index < -0.39 is 0 Å². The standard InChI is InChI=1S/C8H8O2S/c1-2-3-10-7-4-8(5-9)11-6-7/h2,4-6H,1,3H2. The van der Waals surface area contributed by atoms with Gasteiger partial charge in [0.25, 0.3) is 0 Å². The van der Waals surface area contributed by atoms with Gasteiger partial charge in [-0.2, -0.15) is 0 Å². The lowest BCUT2D eigenvalue weighted by Crippen LogP contribution is -1.89. The zero-order valence-electron chi connectivity index (χ0n) is 5.95. The molecule has 1 rings (SSSR count). The lowest BCUT2D eigenvalue weighted by molar-refractivity contribution is 0.112. The summed E-state index contributed by atoms with van der Waals surface area (Å²) in [5.41, 5.74) is 0. The van der Waals surface area contributed by atoms with E-state index in [1.54, 1.807) is 17.5 Å². The summed E-state index contributed by atoms with van der Waals surface area (Å²) in [5, 5.41) is 1.80. The van der Waals surface area contributed by atoms with E-state index in [4.69, 9.17) is 4.74 Å². The third-order valence-corrected chi connectivity index (χ3v) is 1.92. The SMILES string of the molecule is C=CCOc1csc(C=O)c1. The Balaban J connectivity index is 2.57. The van der Waals surface area contributed by atoms with Crippen LogP contribution < -0.4 is 4.74 Å². The van der Waals surface area contributed by atoms with Crippen LogP contribution in [0.1, 0.15) is 9.67 Å². The third kappa shape index (κ3) is 2.20. The first-order chi connectivity index (χ1) is 5.36. The van der Waals surface area contributed by atoms with Crippen LogP contribution in [-0.4, -0.2) is 12.9 Å². The van der Waals surface area contributed by atoms with Crippen LogP contribution in [0.25, 0.3) is 0 Å². The molecule has 2 nitrogen and oxygen atoms in total. The molecule has 0 unspecified atom stereocenters. The Morgan fingerprint density at radius 2 is 2.55 bits per heavy atom. The van der Waals surface area contributed by atoms with E-state index in [0.29, 0.717) is 11.5 Å². The van der Waals surface area contributed by atoms with Crippen molar-refractivity contribution in [3.63, 3.8) is 0 Å². The van der Waals surface area contributed by atoms with Gasteiger partial charge in [-0.05, 0) is 0 Å². The van der Waals surface area contributed by atoms with Gasteiger partial charge in [-0.3, -0.25) is 4.79 Å². The van der Waals surface area contributed by atoms with Gasteiger partial charge in [0.05, 0.1) is 4.88 Å². The quantitative estimate of drug-likeness (QED) is 0.508. The molecule has 1 aromatic heterocycles. The van der Waals surface area contributed by atoms with Crippen molar-refractivity contribution in [3.05, 3.63) is 29.0 Å². The smallest absolute Gasteiger partial charge is 0.160 e. The number of aldehydes is 1. The Bertz CT molecular complexity index is 252. The molecule has 0 N–H and O–H groups in total. The van der Waals surface area contributed by atoms with E-state index >= 15 is 0 Å². The second kappa shape index (κ2) is 3.93. The Labute approximate surface area is 69.1 Å². The minimum Gasteiger partial charge on any atom is -0.489 e. The predicted molar refractivity (Wildman–Crippen MR) is 45.4 cm³/mol. The van der Waals surface area contributed by atoms with Crippen LogP contribution in [0, 0.1) is 0 Å². The van der Waals surface area contributed by atoms with Crippen LogP contribution in [0.15, 0.2) is 24.1 Å². The van der Waals surface area contributed by atoms with E-state index in [9.17, 15) is 4.79 Å². The van der Waals surface area contributed by atoms with Crippen molar-refractivity contribution in [3.8, 4) is 5.75 Å². The molecule has 0 aliphatic heterocycles. The summed E-state index contributed by atoms with van der Waals surface area (Å²) in [6, 6.07) is 1.71. The molecule has 0 amide bonds. The molecule has 0 bridgehead atoms. The number of ether oxygens (including phenoxy) is 1. The summed E-state index contributed by atoms with van der Waals surface area (Å²) < 4.78 is 5.17. The molecular weight excluding hydrogens is 160 g/mol. The van der Waals surface area contributed by atoms with Crippen LogP contribution in [0.4, 0.5) is 0 Å². The molecule has 3 heteroatoms. The average Bonchev–Trinajstić information content (AvgIpc) is 2.48. The summed E-state index contributed by atoms with van der Waals surface area (Å²) >= 11 is 1.37. The molecule has 0 atom stereocenters. The maximum atomic E-state index is 10.2. The normalized spacial score (nSPS) is 9.09. The van der Waals surface area contributed by atoms with Crippen LogP contribution in [0.5, 0.6) is 5.75 Å². The van der Waals surface area contributed by atoms with Crippen LogP contribution in [0.3, 0.4) is 0 Å². The lowest BCUT2D eigenvalue weighted by atomic mass is 10.5. The Morgan fingerprint density at radius 1 is 1.73 bits per heavy atom. The van der Waals surface area contributed by atoms with Crippen molar-refractivity contribution in [2.45, 2.75) is 0 Å². The summed E-state index contributed by atoms with van der Waals surface area (Å²) in [5.74, 6) is 0.733. The summed E-state index contributed by atoms with van der Waals surface area (Å²) in [7, 11) is 0. The van der Waals surface area contributed by atoms with Gasteiger partial charge in [0.1, 0.15) is 12.4 Å². The number of hydrogen-bond acceptors (Lipinski definition) is 3.